The zero-order chi connectivity index (χ0) is 9.76. The molecule has 1 atom stereocenters. The first-order valence-electron chi connectivity index (χ1n) is 4.83. The van der Waals surface area contributed by atoms with Crippen molar-refractivity contribution in [1.29, 1.82) is 0 Å². The Morgan fingerprint density at radius 3 is 2.93 bits per heavy atom. The van der Waals surface area contributed by atoms with Crippen molar-refractivity contribution in [3.63, 3.8) is 0 Å². The summed E-state index contributed by atoms with van der Waals surface area (Å²) in [5.41, 5.74) is -0.0833. The minimum absolute atomic E-state index is 0.0686. The van der Waals surface area contributed by atoms with Crippen molar-refractivity contribution in [1.82, 2.24) is 4.90 Å². The number of hydrogen-bond donors (Lipinski definition) is 0. The molecule has 0 unspecified atom stereocenters. The van der Waals surface area contributed by atoms with Gasteiger partial charge in [-0.25, -0.2) is 0 Å². The van der Waals surface area contributed by atoms with Crippen LogP contribution in [0.5, 0.6) is 0 Å². The summed E-state index contributed by atoms with van der Waals surface area (Å²) in [7, 11) is 0. The fraction of sp³-hybridized carbons (Fsp3) is 0.778. The highest BCUT2D eigenvalue weighted by molar-refractivity contribution is 8.23. The first-order chi connectivity index (χ1) is 6.71. The van der Waals surface area contributed by atoms with Crippen LogP contribution in [0.15, 0.2) is 0 Å². The number of carbonyl (C=O) groups excluding carboxylic acids is 1. The molecule has 76 valence electrons. The van der Waals surface area contributed by atoms with Crippen molar-refractivity contribution < 1.29 is 9.53 Å². The number of rotatable bonds is 1. The number of hydrogen-bond acceptors (Lipinski definition) is 4. The Bertz CT molecular complexity index is 312. The van der Waals surface area contributed by atoms with Crippen LogP contribution >= 0.6 is 24.0 Å². The molecule has 3 nitrogen and oxygen atoms in total. The van der Waals surface area contributed by atoms with E-state index in [0.717, 1.165) is 10.1 Å². The number of cyclic esters (lactones) is 1. The summed E-state index contributed by atoms with van der Waals surface area (Å²) in [6, 6.07) is 0.590. The van der Waals surface area contributed by atoms with Crippen LogP contribution in [0.25, 0.3) is 0 Å². The van der Waals surface area contributed by atoms with Crippen molar-refractivity contribution in [2.75, 3.05) is 12.4 Å². The molecular weight excluding hydrogens is 218 g/mol. The summed E-state index contributed by atoms with van der Waals surface area (Å²) in [6.45, 7) is 0.537. The van der Waals surface area contributed by atoms with Crippen LogP contribution in [0.1, 0.15) is 19.3 Å². The fourth-order valence-electron chi connectivity index (χ4n) is 2.23. The highest BCUT2D eigenvalue weighted by Crippen LogP contribution is 2.45. The number of thioether (sulfide) groups is 1. The van der Waals surface area contributed by atoms with E-state index in [2.05, 4.69) is 4.90 Å². The van der Waals surface area contributed by atoms with Gasteiger partial charge in [-0.2, -0.15) is 0 Å². The van der Waals surface area contributed by atoms with Crippen LogP contribution in [-0.4, -0.2) is 39.1 Å². The van der Waals surface area contributed by atoms with E-state index in [-0.39, 0.29) is 11.5 Å². The predicted octanol–water partition coefficient (Wildman–Crippen LogP) is 1.17. The average Bonchev–Trinajstić information content (AvgIpc) is 2.83. The number of nitrogens with zero attached hydrogens (tertiary/aromatic N) is 1. The van der Waals surface area contributed by atoms with Crippen LogP contribution in [-0.2, 0) is 9.53 Å². The van der Waals surface area contributed by atoms with E-state index in [1.54, 1.807) is 11.8 Å². The summed E-state index contributed by atoms with van der Waals surface area (Å²) in [5, 5.41) is 0. The maximum Gasteiger partial charge on any atom is 0.308 e. The van der Waals surface area contributed by atoms with Crippen LogP contribution in [0.2, 0.25) is 0 Å². The van der Waals surface area contributed by atoms with Gasteiger partial charge >= 0.3 is 5.97 Å². The largest absolute Gasteiger partial charge is 0.463 e. The quantitative estimate of drug-likeness (QED) is 0.497. The number of carbonyl (C=O) groups is 1. The monoisotopic (exact) mass is 229 g/mol. The summed E-state index contributed by atoms with van der Waals surface area (Å²) in [6.07, 6.45) is 2.96. The molecule has 1 aliphatic carbocycles. The molecule has 0 N–H and O–H groups in total. The van der Waals surface area contributed by atoms with Crippen LogP contribution < -0.4 is 0 Å². The zero-order valence-electron chi connectivity index (χ0n) is 7.69. The second-order valence-electron chi connectivity index (χ2n) is 4.22. The van der Waals surface area contributed by atoms with Crippen molar-refractivity contribution >= 4 is 34.3 Å². The third-order valence-electron chi connectivity index (χ3n) is 3.06. The van der Waals surface area contributed by atoms with E-state index in [0.29, 0.717) is 19.1 Å². The number of thiocarbonyl (C=S) groups is 1. The second kappa shape index (κ2) is 2.85. The molecule has 3 fully saturated rings. The molecule has 3 rings (SSSR count). The van der Waals surface area contributed by atoms with Gasteiger partial charge in [-0.15, -0.1) is 0 Å². The van der Waals surface area contributed by atoms with Gasteiger partial charge in [0.1, 0.15) is 10.9 Å². The molecule has 3 aliphatic rings. The lowest BCUT2D eigenvalue weighted by molar-refractivity contribution is -0.137. The van der Waals surface area contributed by atoms with Gasteiger partial charge in [0.25, 0.3) is 0 Å². The van der Waals surface area contributed by atoms with E-state index in [9.17, 15) is 4.79 Å². The molecule has 14 heavy (non-hydrogen) atoms. The maximum absolute atomic E-state index is 11.2. The van der Waals surface area contributed by atoms with Gasteiger partial charge in [0.05, 0.1) is 12.0 Å². The highest BCUT2D eigenvalue weighted by Gasteiger charge is 2.54. The smallest absolute Gasteiger partial charge is 0.308 e. The normalized spacial score (nSPS) is 37.0. The Hall–Kier alpha value is -0.290. The Balaban J connectivity index is 1.90. The van der Waals surface area contributed by atoms with E-state index in [1.807, 2.05) is 0 Å². The first kappa shape index (κ1) is 8.97. The lowest BCUT2D eigenvalue weighted by Gasteiger charge is -2.32. The fourth-order valence-corrected chi connectivity index (χ4v) is 3.95. The van der Waals surface area contributed by atoms with Crippen molar-refractivity contribution in [3.05, 3.63) is 0 Å². The van der Waals surface area contributed by atoms with Gasteiger partial charge in [0, 0.05) is 11.8 Å². The van der Waals surface area contributed by atoms with Gasteiger partial charge < -0.3 is 9.64 Å². The molecule has 0 aromatic carbocycles. The molecule has 2 heterocycles. The summed E-state index contributed by atoms with van der Waals surface area (Å²) < 4.78 is 6.06. The molecule has 0 amide bonds. The molecule has 2 saturated heterocycles. The molecule has 0 radical (unpaired) electrons. The Morgan fingerprint density at radius 1 is 1.57 bits per heavy atom. The number of ether oxygens (including phenoxy) is 1. The van der Waals surface area contributed by atoms with Crippen LogP contribution in [0, 0.1) is 0 Å². The van der Waals surface area contributed by atoms with Gasteiger partial charge in [0.2, 0.25) is 0 Å². The molecule has 5 heteroatoms. The Labute approximate surface area is 92.2 Å². The maximum atomic E-state index is 11.2. The van der Waals surface area contributed by atoms with Gasteiger partial charge in [-0.3, -0.25) is 4.79 Å². The summed E-state index contributed by atoms with van der Waals surface area (Å²) in [4.78, 5) is 13.5. The lowest BCUT2D eigenvalue weighted by atomic mass is 9.99. The van der Waals surface area contributed by atoms with E-state index in [1.165, 1.54) is 12.8 Å². The molecule has 2 aliphatic heterocycles. The second-order valence-corrected chi connectivity index (χ2v) is 5.83. The van der Waals surface area contributed by atoms with Crippen LogP contribution in [0.4, 0.5) is 0 Å². The third-order valence-corrected chi connectivity index (χ3v) is 4.73. The highest BCUT2D eigenvalue weighted by atomic mass is 32.2. The van der Waals surface area contributed by atoms with Gasteiger partial charge in [0.15, 0.2) is 0 Å². The van der Waals surface area contributed by atoms with E-state index < -0.39 is 0 Å². The summed E-state index contributed by atoms with van der Waals surface area (Å²) in [5.74, 6) is 0.856. The molecular formula is C9H11NO2S2. The Morgan fingerprint density at radius 2 is 2.36 bits per heavy atom. The number of esters is 1. The topological polar surface area (TPSA) is 29.5 Å². The standard InChI is InChI=1S/C9H11NO2S2/c11-7-3-9(4-12-7)5-14-8(13)10(9)6-1-2-6/h6H,1-5H2/t9-/m0/s1. The van der Waals surface area contributed by atoms with Gasteiger partial charge in [-0.05, 0) is 12.8 Å². The minimum atomic E-state index is -0.0833. The lowest BCUT2D eigenvalue weighted by Crippen LogP contribution is -2.49. The average molecular weight is 229 g/mol. The SMILES string of the molecule is O=C1C[C@]2(CO1)CSC(=S)N2C1CC1. The summed E-state index contributed by atoms with van der Waals surface area (Å²) >= 11 is 7.02. The molecule has 0 bridgehead atoms. The van der Waals surface area contributed by atoms with Crippen LogP contribution in [0.3, 0.4) is 0 Å². The molecule has 0 aromatic rings. The van der Waals surface area contributed by atoms with Crippen molar-refractivity contribution in [3.8, 4) is 0 Å². The van der Waals surface area contributed by atoms with Crippen molar-refractivity contribution in [2.24, 2.45) is 0 Å². The van der Waals surface area contributed by atoms with Crippen molar-refractivity contribution in [2.45, 2.75) is 30.8 Å². The third kappa shape index (κ3) is 1.18. The molecule has 0 aromatic heterocycles. The first-order valence-corrected chi connectivity index (χ1v) is 6.22. The molecule has 1 spiro atoms. The van der Waals surface area contributed by atoms with E-state index in [4.69, 9.17) is 17.0 Å². The predicted molar refractivity (Wildman–Crippen MR) is 58.2 cm³/mol. The molecule has 1 saturated carbocycles. The minimum Gasteiger partial charge on any atom is -0.463 e. The zero-order valence-corrected chi connectivity index (χ0v) is 9.33. The Kier molecular flexibility index (Phi) is 1.83. The van der Waals surface area contributed by atoms with Gasteiger partial charge in [-0.1, -0.05) is 24.0 Å². The van der Waals surface area contributed by atoms with E-state index >= 15 is 0 Å².